The van der Waals surface area contributed by atoms with Crippen LogP contribution < -0.4 is 4.74 Å². The first-order valence-corrected chi connectivity index (χ1v) is 5.17. The average Bonchev–Trinajstić information content (AvgIpc) is 2.30. The van der Waals surface area contributed by atoms with E-state index in [4.69, 9.17) is 4.74 Å². The molecule has 0 radical (unpaired) electrons. The second kappa shape index (κ2) is 8.36. The summed E-state index contributed by atoms with van der Waals surface area (Å²) in [5, 5.41) is 0. The number of hydrogen-bond acceptors (Lipinski definition) is 1. The Hall–Kier alpha value is -1.24. The molecular weight excluding hydrogens is 172 g/mol. The second-order valence-electron chi connectivity index (χ2n) is 2.58. The minimum Gasteiger partial charge on any atom is -0.497 e. The van der Waals surface area contributed by atoms with Crippen LogP contribution in [0, 0.1) is 0 Å². The van der Waals surface area contributed by atoms with Crippen LogP contribution in [0.15, 0.2) is 30.3 Å². The minimum absolute atomic E-state index is 0.906. The lowest BCUT2D eigenvalue weighted by molar-refractivity contribution is 0.415. The van der Waals surface area contributed by atoms with Gasteiger partial charge in [-0.2, -0.15) is 0 Å². The van der Waals surface area contributed by atoms with E-state index < -0.39 is 0 Å². The van der Waals surface area contributed by atoms with E-state index in [1.807, 2.05) is 38.1 Å². The Bertz CT molecular complexity index is 246. The Balaban J connectivity index is 0.000000791. The molecule has 1 heteroatoms. The van der Waals surface area contributed by atoms with Gasteiger partial charge >= 0.3 is 0 Å². The third-order valence-electron chi connectivity index (χ3n) is 1.66. The zero-order valence-electron chi connectivity index (χ0n) is 9.58. The van der Waals surface area contributed by atoms with Gasteiger partial charge in [-0.05, 0) is 24.1 Å². The topological polar surface area (TPSA) is 9.23 Å². The van der Waals surface area contributed by atoms with Crippen LogP contribution in [0.1, 0.15) is 32.8 Å². The fraction of sp³-hybridized carbons (Fsp3) is 0.385. The molecule has 0 saturated heterocycles. The molecule has 0 atom stereocenters. The number of rotatable bonds is 3. The molecular formula is C13H20O. The Labute approximate surface area is 87.4 Å². The molecule has 0 spiro atoms. The van der Waals surface area contributed by atoms with Gasteiger partial charge in [-0.1, -0.05) is 45.1 Å². The average molecular weight is 192 g/mol. The summed E-state index contributed by atoms with van der Waals surface area (Å²) < 4.78 is 5.05. The molecule has 14 heavy (non-hydrogen) atoms. The van der Waals surface area contributed by atoms with Gasteiger partial charge in [0.25, 0.3) is 0 Å². The monoisotopic (exact) mass is 192 g/mol. The Kier molecular flexibility index (Phi) is 7.62. The first-order valence-electron chi connectivity index (χ1n) is 5.17. The van der Waals surface area contributed by atoms with Gasteiger partial charge < -0.3 is 4.74 Å². The van der Waals surface area contributed by atoms with Crippen molar-refractivity contribution >= 4 is 6.08 Å². The smallest absolute Gasteiger partial charge is 0.118 e. The van der Waals surface area contributed by atoms with Gasteiger partial charge in [-0.3, -0.25) is 0 Å². The summed E-state index contributed by atoms with van der Waals surface area (Å²) in [4.78, 5) is 0. The number of methoxy groups -OCH3 is 1. The summed E-state index contributed by atoms with van der Waals surface area (Å²) in [6.07, 6.45) is 5.33. The van der Waals surface area contributed by atoms with Gasteiger partial charge in [0, 0.05) is 0 Å². The van der Waals surface area contributed by atoms with E-state index in [9.17, 15) is 0 Å². The van der Waals surface area contributed by atoms with Gasteiger partial charge in [-0.25, -0.2) is 0 Å². The van der Waals surface area contributed by atoms with E-state index in [-0.39, 0.29) is 0 Å². The lowest BCUT2D eigenvalue weighted by atomic mass is 10.2. The molecule has 0 aliphatic rings. The van der Waals surface area contributed by atoms with E-state index >= 15 is 0 Å². The third-order valence-corrected chi connectivity index (χ3v) is 1.66. The zero-order valence-corrected chi connectivity index (χ0v) is 9.58. The van der Waals surface area contributed by atoms with E-state index in [1.54, 1.807) is 7.11 Å². The molecule has 0 amide bonds. The Morgan fingerprint density at radius 3 is 2.14 bits per heavy atom. The first-order chi connectivity index (χ1) is 6.86. The van der Waals surface area contributed by atoms with E-state index in [1.165, 1.54) is 5.56 Å². The molecule has 0 aliphatic carbocycles. The first kappa shape index (κ1) is 12.8. The molecule has 1 rings (SSSR count). The molecule has 0 aliphatic heterocycles. The minimum atomic E-state index is 0.906. The number of benzene rings is 1. The molecule has 1 aromatic carbocycles. The summed E-state index contributed by atoms with van der Waals surface area (Å²) in [7, 11) is 1.68. The summed E-state index contributed by atoms with van der Waals surface area (Å²) in [6, 6.07) is 8.03. The van der Waals surface area contributed by atoms with Crippen LogP contribution in [0.2, 0.25) is 0 Å². The van der Waals surface area contributed by atoms with Crippen molar-refractivity contribution in [1.82, 2.24) is 0 Å². The van der Waals surface area contributed by atoms with Crippen LogP contribution in [0.4, 0.5) is 0 Å². The van der Waals surface area contributed by atoms with Crippen LogP contribution in [0.5, 0.6) is 5.75 Å². The zero-order chi connectivity index (χ0) is 10.8. The van der Waals surface area contributed by atoms with Gasteiger partial charge in [0.1, 0.15) is 5.75 Å². The van der Waals surface area contributed by atoms with Crippen LogP contribution in [0.3, 0.4) is 0 Å². The maximum absolute atomic E-state index is 5.05. The van der Waals surface area contributed by atoms with E-state index in [0.717, 1.165) is 12.2 Å². The standard InChI is InChI=1S/C11H14O.C2H6/c1-3-4-5-10-6-8-11(12-2)9-7-10;1-2/h4-9H,3H2,1-2H3;1-2H3/b5-4+;. The second-order valence-corrected chi connectivity index (χ2v) is 2.58. The number of ether oxygens (including phenoxy) is 1. The van der Waals surface area contributed by atoms with Crippen molar-refractivity contribution in [2.45, 2.75) is 27.2 Å². The summed E-state index contributed by atoms with van der Waals surface area (Å²) in [5.41, 5.74) is 1.22. The highest BCUT2D eigenvalue weighted by Crippen LogP contribution is 2.12. The molecule has 0 bridgehead atoms. The molecule has 0 heterocycles. The van der Waals surface area contributed by atoms with E-state index in [2.05, 4.69) is 19.1 Å². The predicted molar refractivity (Wildman–Crippen MR) is 63.7 cm³/mol. The molecule has 0 aromatic heterocycles. The Morgan fingerprint density at radius 2 is 1.71 bits per heavy atom. The van der Waals surface area contributed by atoms with Crippen molar-refractivity contribution < 1.29 is 4.74 Å². The highest BCUT2D eigenvalue weighted by atomic mass is 16.5. The van der Waals surface area contributed by atoms with Crippen LogP contribution in [0.25, 0.3) is 6.08 Å². The fourth-order valence-corrected chi connectivity index (χ4v) is 0.969. The van der Waals surface area contributed by atoms with Crippen LogP contribution in [-0.4, -0.2) is 7.11 Å². The van der Waals surface area contributed by atoms with Crippen molar-refractivity contribution in [1.29, 1.82) is 0 Å². The molecule has 0 N–H and O–H groups in total. The van der Waals surface area contributed by atoms with Gasteiger partial charge in [-0.15, -0.1) is 0 Å². The maximum atomic E-state index is 5.05. The predicted octanol–water partition coefficient (Wildman–Crippen LogP) is 4.14. The van der Waals surface area contributed by atoms with Crippen molar-refractivity contribution in [3.05, 3.63) is 35.9 Å². The molecule has 0 fully saturated rings. The highest BCUT2D eigenvalue weighted by molar-refractivity contribution is 5.50. The summed E-state index contributed by atoms with van der Waals surface area (Å²) >= 11 is 0. The number of allylic oxidation sites excluding steroid dienone is 1. The molecule has 1 aromatic rings. The lowest BCUT2D eigenvalue weighted by Crippen LogP contribution is -1.81. The van der Waals surface area contributed by atoms with Gasteiger partial charge in [0.2, 0.25) is 0 Å². The van der Waals surface area contributed by atoms with Crippen LogP contribution >= 0.6 is 0 Å². The lowest BCUT2D eigenvalue weighted by Gasteiger charge is -1.98. The van der Waals surface area contributed by atoms with Crippen molar-refractivity contribution in [2.24, 2.45) is 0 Å². The normalized spacial score (nSPS) is 9.43. The number of hydrogen-bond donors (Lipinski definition) is 0. The SMILES string of the molecule is CC.CC/C=C/c1ccc(OC)cc1. The maximum Gasteiger partial charge on any atom is 0.118 e. The van der Waals surface area contributed by atoms with Gasteiger partial charge in [0.15, 0.2) is 0 Å². The highest BCUT2D eigenvalue weighted by Gasteiger charge is 1.88. The molecule has 0 unspecified atom stereocenters. The molecule has 1 nitrogen and oxygen atoms in total. The largest absolute Gasteiger partial charge is 0.497 e. The third kappa shape index (κ3) is 4.70. The fourth-order valence-electron chi connectivity index (χ4n) is 0.969. The van der Waals surface area contributed by atoms with E-state index in [0.29, 0.717) is 0 Å². The van der Waals surface area contributed by atoms with Crippen molar-refractivity contribution in [3.63, 3.8) is 0 Å². The Morgan fingerprint density at radius 1 is 1.14 bits per heavy atom. The molecule has 0 saturated carbocycles. The molecule has 78 valence electrons. The van der Waals surface area contributed by atoms with Crippen LogP contribution in [-0.2, 0) is 0 Å². The summed E-state index contributed by atoms with van der Waals surface area (Å²) in [6.45, 7) is 6.13. The van der Waals surface area contributed by atoms with Crippen molar-refractivity contribution in [3.8, 4) is 5.75 Å². The summed E-state index contributed by atoms with van der Waals surface area (Å²) in [5.74, 6) is 0.906. The quantitative estimate of drug-likeness (QED) is 0.699. The van der Waals surface area contributed by atoms with Gasteiger partial charge in [0.05, 0.1) is 7.11 Å². The van der Waals surface area contributed by atoms with Crippen molar-refractivity contribution in [2.75, 3.05) is 7.11 Å².